The first-order valence-corrected chi connectivity index (χ1v) is 9.18. The topological polar surface area (TPSA) is 77.1 Å². The molecule has 0 aliphatic carbocycles. The van der Waals surface area contributed by atoms with Crippen molar-refractivity contribution in [1.82, 2.24) is 15.1 Å². The summed E-state index contributed by atoms with van der Waals surface area (Å²) in [6.07, 6.45) is 1.54. The van der Waals surface area contributed by atoms with Gasteiger partial charge in [-0.3, -0.25) is 9.59 Å². The van der Waals surface area contributed by atoms with Gasteiger partial charge in [-0.2, -0.15) is 5.10 Å². The van der Waals surface area contributed by atoms with Gasteiger partial charge in [0.15, 0.2) is 0 Å². The van der Waals surface area contributed by atoms with Crippen LogP contribution in [0.4, 0.5) is 0 Å². The quantitative estimate of drug-likeness (QED) is 0.569. The van der Waals surface area contributed by atoms with Gasteiger partial charge in [0.1, 0.15) is 11.3 Å². The molecule has 0 saturated carbocycles. The highest BCUT2D eigenvalue weighted by molar-refractivity contribution is 6.03. The summed E-state index contributed by atoms with van der Waals surface area (Å²) < 4.78 is 6.48. The second kappa shape index (κ2) is 7.98. The van der Waals surface area contributed by atoms with Gasteiger partial charge in [-0.15, -0.1) is 0 Å². The number of amides is 1. The molecule has 4 aromatic rings. The smallest absolute Gasteiger partial charge is 0.280 e. The highest BCUT2D eigenvalue weighted by Crippen LogP contribution is 2.31. The van der Waals surface area contributed by atoms with Gasteiger partial charge in [0, 0.05) is 18.2 Å². The van der Waals surface area contributed by atoms with Crippen LogP contribution in [0.25, 0.3) is 22.4 Å². The Labute approximate surface area is 167 Å². The lowest BCUT2D eigenvalue weighted by Crippen LogP contribution is -2.34. The minimum Gasteiger partial charge on any atom is -0.467 e. The van der Waals surface area contributed by atoms with Crippen LogP contribution in [0.2, 0.25) is 0 Å². The summed E-state index contributed by atoms with van der Waals surface area (Å²) in [5.74, 6) is 0.134. The normalized spacial score (nSPS) is 10.7. The Balaban J connectivity index is 1.90. The van der Waals surface area contributed by atoms with Crippen LogP contribution in [0.5, 0.6) is 0 Å². The fraction of sp³-hybridized carbons (Fsp3) is 0.0870. The average molecular weight is 385 g/mol. The molecule has 1 N–H and O–H groups in total. The molecule has 2 heterocycles. The molecule has 144 valence electrons. The molecule has 0 aliphatic rings. The summed E-state index contributed by atoms with van der Waals surface area (Å²) in [4.78, 5) is 26.1. The maximum Gasteiger partial charge on any atom is 0.280 e. The van der Waals surface area contributed by atoms with Gasteiger partial charge in [0.2, 0.25) is 0 Å². The zero-order valence-corrected chi connectivity index (χ0v) is 15.8. The molecular formula is C23H19N3O3. The van der Waals surface area contributed by atoms with Crippen LogP contribution in [0.15, 0.2) is 88.3 Å². The minimum atomic E-state index is -0.472. The fourth-order valence-electron chi connectivity index (χ4n) is 3.20. The zero-order valence-electron chi connectivity index (χ0n) is 15.8. The molecule has 0 unspecified atom stereocenters. The summed E-state index contributed by atoms with van der Waals surface area (Å²) in [6, 6.07) is 22.4. The number of carbonyl (C=O) groups is 1. The third-order valence-corrected chi connectivity index (χ3v) is 4.58. The van der Waals surface area contributed by atoms with Crippen LogP contribution in [0.1, 0.15) is 16.1 Å². The van der Waals surface area contributed by atoms with Gasteiger partial charge in [0.25, 0.3) is 11.5 Å². The van der Waals surface area contributed by atoms with Crippen LogP contribution >= 0.6 is 0 Å². The molecule has 0 radical (unpaired) electrons. The van der Waals surface area contributed by atoms with E-state index in [4.69, 9.17) is 4.42 Å². The summed E-state index contributed by atoms with van der Waals surface area (Å²) in [6.45, 7) is 0.187. The summed E-state index contributed by atoms with van der Waals surface area (Å²) >= 11 is 0. The van der Waals surface area contributed by atoms with Gasteiger partial charge < -0.3 is 9.73 Å². The van der Waals surface area contributed by atoms with E-state index in [9.17, 15) is 9.59 Å². The Morgan fingerprint density at radius 1 is 0.966 bits per heavy atom. The number of carbonyl (C=O) groups excluding carboxylic acids is 1. The third-order valence-electron chi connectivity index (χ3n) is 4.58. The molecule has 0 spiro atoms. The number of hydrogen-bond acceptors (Lipinski definition) is 4. The lowest BCUT2D eigenvalue weighted by molar-refractivity contribution is 0.0946. The fourth-order valence-corrected chi connectivity index (χ4v) is 3.20. The molecule has 6 heteroatoms. The molecule has 0 aliphatic heterocycles. The van der Waals surface area contributed by atoms with Crippen molar-refractivity contribution < 1.29 is 9.21 Å². The first-order chi connectivity index (χ1) is 14.1. The van der Waals surface area contributed by atoms with Crippen molar-refractivity contribution in [2.24, 2.45) is 7.05 Å². The molecule has 1 amide bonds. The number of nitrogens with one attached hydrogen (secondary N) is 1. The van der Waals surface area contributed by atoms with E-state index in [0.717, 1.165) is 11.1 Å². The lowest BCUT2D eigenvalue weighted by Gasteiger charge is -2.15. The monoisotopic (exact) mass is 385 g/mol. The van der Waals surface area contributed by atoms with Crippen LogP contribution in [-0.4, -0.2) is 15.7 Å². The van der Waals surface area contributed by atoms with E-state index in [1.165, 1.54) is 10.9 Å². The second-order valence-electron chi connectivity index (χ2n) is 6.52. The van der Waals surface area contributed by atoms with Crippen LogP contribution in [0.3, 0.4) is 0 Å². The van der Waals surface area contributed by atoms with E-state index < -0.39 is 11.5 Å². The average Bonchev–Trinajstić information content (AvgIpc) is 3.28. The molecule has 2 aromatic carbocycles. The highest BCUT2D eigenvalue weighted by atomic mass is 16.3. The van der Waals surface area contributed by atoms with Crippen molar-refractivity contribution in [1.29, 1.82) is 0 Å². The maximum absolute atomic E-state index is 13.1. The van der Waals surface area contributed by atoms with Crippen molar-refractivity contribution in [2.75, 3.05) is 0 Å². The number of nitrogens with zero attached hydrogens (tertiary/aromatic N) is 2. The molecule has 0 fully saturated rings. The Morgan fingerprint density at radius 2 is 1.62 bits per heavy atom. The Morgan fingerprint density at radius 3 is 2.24 bits per heavy atom. The van der Waals surface area contributed by atoms with Crippen molar-refractivity contribution in [3.05, 3.63) is 101 Å². The standard InChI is InChI=1S/C23H19N3O3/c1-26-23(28)20(22(27)24-15-18-13-8-14-29-18)19(16-9-4-2-5-10-16)21(25-26)17-11-6-3-7-12-17/h2-14H,15H2,1H3,(H,24,27). The van der Waals surface area contributed by atoms with E-state index in [1.807, 2.05) is 60.7 Å². The van der Waals surface area contributed by atoms with Gasteiger partial charge in [-0.25, -0.2) is 4.68 Å². The maximum atomic E-state index is 13.1. The zero-order chi connectivity index (χ0) is 20.2. The van der Waals surface area contributed by atoms with Gasteiger partial charge in [-0.1, -0.05) is 60.7 Å². The van der Waals surface area contributed by atoms with Crippen LogP contribution in [-0.2, 0) is 13.6 Å². The van der Waals surface area contributed by atoms with E-state index in [2.05, 4.69) is 10.4 Å². The van der Waals surface area contributed by atoms with Crippen LogP contribution in [0, 0.1) is 0 Å². The molecule has 4 rings (SSSR count). The molecule has 0 bridgehead atoms. The van der Waals surface area contributed by atoms with E-state index >= 15 is 0 Å². The number of aromatic nitrogens is 2. The number of hydrogen-bond donors (Lipinski definition) is 1. The summed E-state index contributed by atoms with van der Waals surface area (Å²) in [5.41, 5.74) is 2.25. The Hall–Kier alpha value is -3.93. The second-order valence-corrected chi connectivity index (χ2v) is 6.52. The first-order valence-electron chi connectivity index (χ1n) is 9.18. The molecule has 0 saturated heterocycles. The lowest BCUT2D eigenvalue weighted by atomic mass is 9.95. The van der Waals surface area contributed by atoms with E-state index in [1.54, 1.807) is 19.2 Å². The number of benzene rings is 2. The number of furan rings is 1. The molecule has 29 heavy (non-hydrogen) atoms. The Bertz CT molecular complexity index is 1180. The molecule has 0 atom stereocenters. The van der Waals surface area contributed by atoms with Gasteiger partial charge in [0.05, 0.1) is 18.5 Å². The van der Waals surface area contributed by atoms with Crippen molar-refractivity contribution in [2.45, 2.75) is 6.54 Å². The minimum absolute atomic E-state index is 0.0547. The summed E-state index contributed by atoms with van der Waals surface area (Å²) in [5, 5.41) is 7.26. The van der Waals surface area contributed by atoms with Crippen molar-refractivity contribution >= 4 is 5.91 Å². The van der Waals surface area contributed by atoms with Crippen molar-refractivity contribution in [3.8, 4) is 22.4 Å². The molecule has 6 nitrogen and oxygen atoms in total. The van der Waals surface area contributed by atoms with Gasteiger partial charge in [-0.05, 0) is 17.7 Å². The molecular weight excluding hydrogens is 366 g/mol. The summed E-state index contributed by atoms with van der Waals surface area (Å²) in [7, 11) is 1.55. The predicted octanol–water partition coefficient (Wildman–Crippen LogP) is 3.64. The Kier molecular flexibility index (Phi) is 5.07. The molecule has 2 aromatic heterocycles. The first kappa shape index (κ1) is 18.4. The number of aryl methyl sites for hydroxylation is 1. The van der Waals surface area contributed by atoms with E-state index in [-0.39, 0.29) is 12.1 Å². The largest absolute Gasteiger partial charge is 0.467 e. The highest BCUT2D eigenvalue weighted by Gasteiger charge is 2.24. The van der Waals surface area contributed by atoms with E-state index in [0.29, 0.717) is 17.0 Å². The van der Waals surface area contributed by atoms with Gasteiger partial charge >= 0.3 is 0 Å². The van der Waals surface area contributed by atoms with Crippen molar-refractivity contribution in [3.63, 3.8) is 0 Å². The predicted molar refractivity (Wildman–Crippen MR) is 110 cm³/mol. The van der Waals surface area contributed by atoms with Crippen LogP contribution < -0.4 is 10.9 Å². The number of rotatable bonds is 5. The SMILES string of the molecule is Cn1nc(-c2ccccc2)c(-c2ccccc2)c(C(=O)NCc2ccco2)c1=O. The third kappa shape index (κ3) is 3.73.